The fourth-order valence-corrected chi connectivity index (χ4v) is 12.9. The monoisotopic (exact) mass is 1290 g/mol. The van der Waals surface area contributed by atoms with Gasteiger partial charge in [0.1, 0.15) is 0 Å². The number of allylic oxidation sites excluding steroid dienone is 9. The number of unbranched alkanes of at least 4 members (excludes halogenated alkanes) is 59. The Kier molecular flexibility index (Phi) is 78.8. The van der Waals surface area contributed by atoms with Gasteiger partial charge in [-0.1, -0.05) is 402 Å². The van der Waals surface area contributed by atoms with Gasteiger partial charge in [0.05, 0.1) is 25.4 Å². The Balaban J connectivity index is 3.40. The summed E-state index contributed by atoms with van der Waals surface area (Å²) in [5.41, 5.74) is 0. The molecule has 0 aliphatic heterocycles. The number of carbonyl (C=O) groups excluding carboxylic acids is 2. The van der Waals surface area contributed by atoms with Gasteiger partial charge in [0.15, 0.2) is 0 Å². The highest BCUT2D eigenvalue weighted by molar-refractivity contribution is 5.76. The summed E-state index contributed by atoms with van der Waals surface area (Å²) in [5.74, 6) is -0.0547. The van der Waals surface area contributed by atoms with Gasteiger partial charge in [-0.25, -0.2) is 0 Å². The summed E-state index contributed by atoms with van der Waals surface area (Å²) in [6.45, 7) is 4.92. The molecule has 0 fully saturated rings. The molecule has 0 heterocycles. The van der Waals surface area contributed by atoms with Crippen LogP contribution in [0, 0.1) is 0 Å². The Hall–Kier alpha value is -2.44. The lowest BCUT2D eigenvalue weighted by Gasteiger charge is -2.20. The van der Waals surface area contributed by atoms with E-state index in [1.807, 2.05) is 6.08 Å². The summed E-state index contributed by atoms with van der Waals surface area (Å²) in [4.78, 5) is 24.7. The number of esters is 1. The topological polar surface area (TPSA) is 95.9 Å². The van der Waals surface area contributed by atoms with Gasteiger partial charge in [0.25, 0.3) is 0 Å². The summed E-state index contributed by atoms with van der Waals surface area (Å²) >= 11 is 0. The van der Waals surface area contributed by atoms with Gasteiger partial charge >= 0.3 is 5.97 Å². The summed E-state index contributed by atoms with van der Waals surface area (Å²) < 4.78 is 5.50. The van der Waals surface area contributed by atoms with Crippen molar-refractivity contribution in [2.75, 3.05) is 13.2 Å². The maximum Gasteiger partial charge on any atom is 0.305 e. The lowest BCUT2D eigenvalue weighted by Crippen LogP contribution is -2.45. The normalized spacial score (nSPS) is 12.8. The zero-order valence-corrected chi connectivity index (χ0v) is 62.0. The van der Waals surface area contributed by atoms with Gasteiger partial charge in [-0.2, -0.15) is 0 Å². The van der Waals surface area contributed by atoms with Gasteiger partial charge in [-0.05, 0) is 96.3 Å². The summed E-state index contributed by atoms with van der Waals surface area (Å²) in [5, 5.41) is 23.3. The van der Waals surface area contributed by atoms with Gasteiger partial charge < -0.3 is 20.3 Å². The van der Waals surface area contributed by atoms with Crippen molar-refractivity contribution in [3.63, 3.8) is 0 Å². The molecule has 0 aliphatic rings. The van der Waals surface area contributed by atoms with Crippen LogP contribution in [0.4, 0.5) is 0 Å². The third kappa shape index (κ3) is 76.6. The first-order valence-corrected chi connectivity index (χ1v) is 41.6. The standard InChI is InChI=1S/C86H161NO5/c1-3-5-7-9-11-13-15-17-19-21-23-24-25-37-40-43-46-50-54-58-62-66-70-74-78-84(89)83(82-88)87-85(90)79-75-71-67-63-59-55-51-47-44-41-38-35-33-31-29-27-26-28-30-32-34-36-39-42-45-49-53-57-61-65-69-73-77-81-92-86(91)80-76-72-68-64-60-56-52-48-22-20-18-16-14-12-10-8-6-4-2/h14,16,20,22,30,32,36,39,74,78,83-84,88-89H,3-13,15,17-19,21,23-29,31,33-35,37-38,40-73,75-77,79-82H2,1-2H3,(H,87,90)/b16-14-,22-20-,32-30-,39-36-,78-74+. The van der Waals surface area contributed by atoms with E-state index in [0.29, 0.717) is 19.4 Å². The van der Waals surface area contributed by atoms with Gasteiger partial charge in [-0.15, -0.1) is 0 Å². The van der Waals surface area contributed by atoms with Crippen LogP contribution >= 0.6 is 0 Å². The molecule has 0 saturated heterocycles. The molecule has 1 amide bonds. The summed E-state index contributed by atoms with van der Waals surface area (Å²) in [7, 11) is 0. The van der Waals surface area contributed by atoms with E-state index in [9.17, 15) is 19.8 Å². The van der Waals surface area contributed by atoms with Crippen LogP contribution in [-0.2, 0) is 14.3 Å². The van der Waals surface area contributed by atoms with Crippen molar-refractivity contribution in [3.05, 3.63) is 60.8 Å². The Bertz CT molecular complexity index is 1580. The van der Waals surface area contributed by atoms with E-state index in [0.717, 1.165) is 57.8 Å². The second-order valence-corrected chi connectivity index (χ2v) is 28.4. The number of carbonyl (C=O) groups is 2. The molecule has 0 saturated carbocycles. The first kappa shape index (κ1) is 89.6. The minimum atomic E-state index is -0.846. The maximum absolute atomic E-state index is 12.6. The third-order valence-electron chi connectivity index (χ3n) is 19.3. The number of ether oxygens (including phenoxy) is 1. The van der Waals surface area contributed by atoms with Crippen LogP contribution in [-0.4, -0.2) is 47.4 Å². The molecule has 6 heteroatoms. The SMILES string of the molecule is CCCCCC/C=C\C/C=C\CCCCCCCCCC(=O)OCCCCCCCCCCC/C=C\C/C=C\CCCCCCCCCCCCCCCCCCCC(=O)NC(CO)C(O)/C=C/CCCCCCCCCCCCCCCCCCCCCCCC. The number of rotatable bonds is 78. The average Bonchev–Trinajstić information content (AvgIpc) is 3.77. The molecule has 92 heavy (non-hydrogen) atoms. The van der Waals surface area contributed by atoms with Crippen LogP contribution in [0.5, 0.6) is 0 Å². The van der Waals surface area contributed by atoms with Crippen molar-refractivity contribution < 1.29 is 24.5 Å². The Morgan fingerprint density at radius 2 is 0.543 bits per heavy atom. The largest absolute Gasteiger partial charge is 0.466 e. The number of hydrogen-bond donors (Lipinski definition) is 3. The van der Waals surface area contributed by atoms with Crippen LogP contribution in [0.15, 0.2) is 60.8 Å². The van der Waals surface area contributed by atoms with Crippen molar-refractivity contribution >= 4 is 11.9 Å². The molecule has 0 aromatic heterocycles. The Morgan fingerprint density at radius 1 is 0.304 bits per heavy atom. The molecule has 0 rings (SSSR count). The van der Waals surface area contributed by atoms with Crippen LogP contribution in [0.25, 0.3) is 0 Å². The lowest BCUT2D eigenvalue weighted by molar-refractivity contribution is -0.143. The summed E-state index contributed by atoms with van der Waals surface area (Å²) in [6.07, 6.45) is 109. The predicted molar refractivity (Wildman–Crippen MR) is 407 cm³/mol. The highest BCUT2D eigenvalue weighted by Gasteiger charge is 2.18. The average molecular weight is 1290 g/mol. The molecule has 0 spiro atoms. The van der Waals surface area contributed by atoms with Crippen molar-refractivity contribution in [3.8, 4) is 0 Å². The van der Waals surface area contributed by atoms with E-state index in [2.05, 4.69) is 67.8 Å². The van der Waals surface area contributed by atoms with Gasteiger partial charge in [0, 0.05) is 12.8 Å². The Labute approximate surface area is 575 Å². The molecular formula is C86H161NO5. The van der Waals surface area contributed by atoms with Crippen molar-refractivity contribution in [1.29, 1.82) is 0 Å². The number of aliphatic hydroxyl groups is 2. The number of aliphatic hydroxyl groups excluding tert-OH is 2. The predicted octanol–water partition coefficient (Wildman–Crippen LogP) is 27.7. The zero-order valence-electron chi connectivity index (χ0n) is 62.0. The molecule has 2 unspecified atom stereocenters. The molecule has 2 atom stereocenters. The quantitative estimate of drug-likeness (QED) is 0.0320. The fourth-order valence-electron chi connectivity index (χ4n) is 12.9. The van der Waals surface area contributed by atoms with Gasteiger partial charge in [0.2, 0.25) is 5.91 Å². The van der Waals surface area contributed by atoms with Crippen LogP contribution in [0.2, 0.25) is 0 Å². The number of hydrogen-bond acceptors (Lipinski definition) is 5. The van der Waals surface area contributed by atoms with E-state index >= 15 is 0 Å². The highest BCUT2D eigenvalue weighted by Crippen LogP contribution is 2.19. The van der Waals surface area contributed by atoms with Gasteiger partial charge in [-0.3, -0.25) is 9.59 Å². The van der Waals surface area contributed by atoms with E-state index < -0.39 is 12.1 Å². The van der Waals surface area contributed by atoms with E-state index in [-0.39, 0.29) is 18.5 Å². The summed E-state index contributed by atoms with van der Waals surface area (Å²) in [6, 6.07) is -0.629. The molecule has 0 aliphatic carbocycles. The van der Waals surface area contributed by atoms with E-state index in [1.54, 1.807) is 6.08 Å². The van der Waals surface area contributed by atoms with Crippen molar-refractivity contribution in [2.45, 2.75) is 463 Å². The van der Waals surface area contributed by atoms with Crippen molar-refractivity contribution in [1.82, 2.24) is 5.32 Å². The van der Waals surface area contributed by atoms with Crippen LogP contribution in [0.1, 0.15) is 450 Å². The highest BCUT2D eigenvalue weighted by atomic mass is 16.5. The first-order chi connectivity index (χ1) is 45.5. The maximum atomic E-state index is 12.6. The van der Waals surface area contributed by atoms with E-state index in [4.69, 9.17) is 4.74 Å². The smallest absolute Gasteiger partial charge is 0.305 e. The second-order valence-electron chi connectivity index (χ2n) is 28.4. The number of amides is 1. The van der Waals surface area contributed by atoms with Crippen LogP contribution in [0.3, 0.4) is 0 Å². The molecule has 0 aromatic rings. The second kappa shape index (κ2) is 81.0. The number of nitrogens with one attached hydrogen (secondary N) is 1. The molecule has 3 N–H and O–H groups in total. The minimum absolute atomic E-state index is 0.00698. The van der Waals surface area contributed by atoms with Crippen LogP contribution < -0.4 is 5.32 Å². The molecule has 6 nitrogen and oxygen atoms in total. The molecular weight excluding hydrogens is 1130 g/mol. The zero-order chi connectivity index (χ0) is 66.3. The van der Waals surface area contributed by atoms with Crippen molar-refractivity contribution in [2.24, 2.45) is 0 Å². The fraction of sp³-hybridized carbons (Fsp3) is 0.860. The lowest BCUT2D eigenvalue weighted by atomic mass is 10.0. The third-order valence-corrected chi connectivity index (χ3v) is 19.3. The molecule has 0 aromatic carbocycles. The molecule has 0 bridgehead atoms. The Morgan fingerprint density at radius 3 is 0.837 bits per heavy atom. The molecule has 540 valence electrons. The molecule has 0 radical (unpaired) electrons. The minimum Gasteiger partial charge on any atom is -0.466 e. The van der Waals surface area contributed by atoms with E-state index in [1.165, 1.54) is 366 Å². The first-order valence-electron chi connectivity index (χ1n) is 41.6.